The van der Waals surface area contributed by atoms with E-state index in [9.17, 15) is 9.59 Å². The van der Waals surface area contributed by atoms with Gasteiger partial charge in [-0.2, -0.15) is 0 Å². The molecule has 5 heteroatoms. The number of carbonyl (C=O) groups is 2. The number of aryl methyl sites for hydroxylation is 1. The van der Waals surface area contributed by atoms with Gasteiger partial charge in [0.25, 0.3) is 0 Å². The summed E-state index contributed by atoms with van der Waals surface area (Å²) in [5.74, 6) is -0.550. The van der Waals surface area contributed by atoms with E-state index in [0.717, 1.165) is 24.9 Å². The molecule has 0 fully saturated rings. The van der Waals surface area contributed by atoms with E-state index in [4.69, 9.17) is 5.73 Å². The summed E-state index contributed by atoms with van der Waals surface area (Å²) in [5, 5.41) is 5.31. The molecule has 0 bridgehead atoms. The first-order valence-corrected chi connectivity index (χ1v) is 6.58. The number of anilines is 1. The Balaban J connectivity index is 1.99. The minimum Gasteiger partial charge on any atom is -0.346 e. The number of amides is 2. The fourth-order valence-corrected chi connectivity index (χ4v) is 2.34. The smallest absolute Gasteiger partial charge is 0.243 e. The molecule has 0 unspecified atom stereocenters. The van der Waals surface area contributed by atoms with Crippen LogP contribution in [0.1, 0.15) is 24.0 Å². The molecule has 102 valence electrons. The van der Waals surface area contributed by atoms with E-state index < -0.39 is 0 Å². The van der Waals surface area contributed by atoms with Crippen LogP contribution in [0.5, 0.6) is 0 Å². The monoisotopic (exact) mass is 261 g/mol. The maximum Gasteiger partial charge on any atom is 0.243 e. The molecule has 0 saturated carbocycles. The van der Waals surface area contributed by atoms with E-state index >= 15 is 0 Å². The Kier molecular flexibility index (Phi) is 4.52. The van der Waals surface area contributed by atoms with Crippen LogP contribution >= 0.6 is 0 Å². The first-order valence-electron chi connectivity index (χ1n) is 6.58. The van der Waals surface area contributed by atoms with Crippen LogP contribution in [0.25, 0.3) is 0 Å². The number of nitrogens with one attached hydrogen (secondary N) is 2. The Morgan fingerprint density at radius 1 is 1.16 bits per heavy atom. The lowest BCUT2D eigenvalue weighted by atomic mass is 9.90. The average Bonchev–Trinajstić information content (AvgIpc) is 2.45. The lowest BCUT2D eigenvalue weighted by molar-refractivity contribution is -0.123. The lowest BCUT2D eigenvalue weighted by Gasteiger charge is -2.19. The number of hydrogen-bond acceptors (Lipinski definition) is 3. The van der Waals surface area contributed by atoms with Crippen LogP contribution in [0.15, 0.2) is 18.2 Å². The molecule has 0 aromatic heterocycles. The molecule has 19 heavy (non-hydrogen) atoms. The molecule has 0 atom stereocenters. The first-order chi connectivity index (χ1) is 9.20. The summed E-state index contributed by atoms with van der Waals surface area (Å²) in [4.78, 5) is 22.7. The quantitative estimate of drug-likeness (QED) is 0.741. The van der Waals surface area contributed by atoms with Gasteiger partial charge in [-0.15, -0.1) is 0 Å². The van der Waals surface area contributed by atoms with Crippen molar-refractivity contribution in [1.29, 1.82) is 0 Å². The molecule has 0 radical (unpaired) electrons. The molecule has 1 aliphatic rings. The second-order valence-corrected chi connectivity index (χ2v) is 4.68. The third-order valence-corrected chi connectivity index (χ3v) is 3.30. The number of rotatable bonds is 4. The van der Waals surface area contributed by atoms with E-state index in [-0.39, 0.29) is 24.9 Å². The summed E-state index contributed by atoms with van der Waals surface area (Å²) in [5.41, 5.74) is 8.57. The molecule has 0 saturated heterocycles. The highest BCUT2D eigenvalue weighted by Gasteiger charge is 2.14. The molecule has 0 aliphatic heterocycles. The number of carbonyl (C=O) groups excluding carboxylic acids is 2. The van der Waals surface area contributed by atoms with Crippen molar-refractivity contribution in [3.63, 3.8) is 0 Å². The van der Waals surface area contributed by atoms with E-state index in [2.05, 4.69) is 16.7 Å². The van der Waals surface area contributed by atoms with Crippen LogP contribution in [-0.4, -0.2) is 24.9 Å². The molecule has 0 spiro atoms. The highest BCUT2D eigenvalue weighted by molar-refractivity contribution is 5.95. The zero-order valence-corrected chi connectivity index (χ0v) is 10.9. The second kappa shape index (κ2) is 6.33. The Morgan fingerprint density at radius 2 is 1.95 bits per heavy atom. The maximum atomic E-state index is 11.8. The maximum absolute atomic E-state index is 11.8. The summed E-state index contributed by atoms with van der Waals surface area (Å²) >= 11 is 0. The largest absolute Gasteiger partial charge is 0.346 e. The van der Waals surface area contributed by atoms with Crippen LogP contribution in [0.3, 0.4) is 0 Å². The highest BCUT2D eigenvalue weighted by Crippen LogP contribution is 2.27. The first kappa shape index (κ1) is 13.5. The number of nitrogens with two attached hydrogens (primary N) is 1. The van der Waals surface area contributed by atoms with E-state index in [1.54, 1.807) is 0 Å². The lowest BCUT2D eigenvalue weighted by Crippen LogP contribution is -2.36. The molecular weight excluding hydrogens is 242 g/mol. The molecule has 4 N–H and O–H groups in total. The molecule has 1 aromatic rings. The Morgan fingerprint density at radius 3 is 2.74 bits per heavy atom. The zero-order valence-electron chi connectivity index (χ0n) is 10.9. The number of benzene rings is 1. The molecule has 1 aromatic carbocycles. The molecule has 5 nitrogen and oxygen atoms in total. The van der Waals surface area contributed by atoms with Gasteiger partial charge in [0.1, 0.15) is 0 Å². The van der Waals surface area contributed by atoms with Crippen LogP contribution in [0, 0.1) is 0 Å². The van der Waals surface area contributed by atoms with Crippen molar-refractivity contribution in [2.24, 2.45) is 5.73 Å². The van der Waals surface area contributed by atoms with Gasteiger partial charge in [-0.3, -0.25) is 9.59 Å². The zero-order chi connectivity index (χ0) is 13.7. The minimum absolute atomic E-state index is 0.0420. The van der Waals surface area contributed by atoms with Crippen molar-refractivity contribution in [2.75, 3.05) is 18.4 Å². The van der Waals surface area contributed by atoms with Gasteiger partial charge in [0, 0.05) is 5.69 Å². The fourth-order valence-electron chi connectivity index (χ4n) is 2.34. The Hall–Kier alpha value is -1.88. The second-order valence-electron chi connectivity index (χ2n) is 4.68. The van der Waals surface area contributed by atoms with Crippen molar-refractivity contribution in [1.82, 2.24) is 5.32 Å². The average molecular weight is 261 g/mol. The fraction of sp³-hybridized carbons (Fsp3) is 0.429. The van der Waals surface area contributed by atoms with Gasteiger partial charge in [0.05, 0.1) is 13.1 Å². The normalized spacial score (nSPS) is 13.5. The van der Waals surface area contributed by atoms with Gasteiger partial charge >= 0.3 is 0 Å². The van der Waals surface area contributed by atoms with Crippen LogP contribution < -0.4 is 16.4 Å². The predicted octanol–water partition coefficient (Wildman–Crippen LogP) is 0.579. The molecule has 0 heterocycles. The van der Waals surface area contributed by atoms with E-state index in [0.29, 0.717) is 0 Å². The van der Waals surface area contributed by atoms with Crippen molar-refractivity contribution < 1.29 is 9.59 Å². The standard InChI is InChI=1S/C14H19N3O2/c15-8-13(18)16-9-14(19)17-12-7-3-5-10-4-1-2-6-11(10)12/h3,5,7H,1-2,4,6,8-9,15H2,(H,16,18)(H,17,19). The highest BCUT2D eigenvalue weighted by atomic mass is 16.2. The van der Waals surface area contributed by atoms with Crippen LogP contribution in [0.4, 0.5) is 5.69 Å². The topological polar surface area (TPSA) is 84.2 Å². The van der Waals surface area contributed by atoms with Gasteiger partial charge in [-0.05, 0) is 42.9 Å². The van der Waals surface area contributed by atoms with Crippen LogP contribution in [0.2, 0.25) is 0 Å². The minimum atomic E-state index is -0.328. The Bertz CT molecular complexity index is 486. The van der Waals surface area contributed by atoms with Crippen LogP contribution in [-0.2, 0) is 22.4 Å². The SMILES string of the molecule is NCC(=O)NCC(=O)Nc1cccc2c1CCCC2. The number of fused-ring (bicyclic) bond motifs is 1. The van der Waals surface area contributed by atoms with Gasteiger partial charge in [0.2, 0.25) is 11.8 Å². The predicted molar refractivity (Wildman–Crippen MR) is 73.8 cm³/mol. The summed E-state index contributed by atoms with van der Waals surface area (Å²) in [7, 11) is 0. The third kappa shape index (κ3) is 3.54. The summed E-state index contributed by atoms with van der Waals surface area (Å²) in [6.07, 6.45) is 4.44. The van der Waals surface area contributed by atoms with E-state index in [1.165, 1.54) is 17.5 Å². The molecule has 1 aliphatic carbocycles. The van der Waals surface area contributed by atoms with Crippen molar-refractivity contribution >= 4 is 17.5 Å². The van der Waals surface area contributed by atoms with Crippen molar-refractivity contribution in [2.45, 2.75) is 25.7 Å². The molecule has 2 amide bonds. The van der Waals surface area contributed by atoms with E-state index in [1.807, 2.05) is 12.1 Å². The molecular formula is C14H19N3O2. The molecule has 2 rings (SSSR count). The Labute approximate surface area is 112 Å². The van der Waals surface area contributed by atoms with Crippen molar-refractivity contribution in [3.05, 3.63) is 29.3 Å². The van der Waals surface area contributed by atoms with Crippen molar-refractivity contribution in [3.8, 4) is 0 Å². The van der Waals surface area contributed by atoms with Gasteiger partial charge in [0.15, 0.2) is 0 Å². The summed E-state index contributed by atoms with van der Waals surface area (Å²) in [6, 6.07) is 5.98. The third-order valence-electron chi connectivity index (χ3n) is 3.30. The number of hydrogen-bond donors (Lipinski definition) is 3. The summed E-state index contributed by atoms with van der Waals surface area (Å²) < 4.78 is 0. The van der Waals surface area contributed by atoms with Gasteiger partial charge in [-0.25, -0.2) is 0 Å². The summed E-state index contributed by atoms with van der Waals surface area (Å²) in [6.45, 7) is -0.145. The van der Waals surface area contributed by atoms with Gasteiger partial charge < -0.3 is 16.4 Å². The van der Waals surface area contributed by atoms with Gasteiger partial charge in [-0.1, -0.05) is 12.1 Å².